The highest BCUT2D eigenvalue weighted by Gasteiger charge is 2.48. The molecule has 2 aliphatic heterocycles. The van der Waals surface area contributed by atoms with Crippen LogP contribution in [0.3, 0.4) is 0 Å². The van der Waals surface area contributed by atoms with Gasteiger partial charge in [0.15, 0.2) is 0 Å². The molecule has 2 rings (SSSR count). The van der Waals surface area contributed by atoms with Crippen LogP contribution in [0.4, 0.5) is 9.59 Å². The fourth-order valence-electron chi connectivity index (χ4n) is 2.81. The van der Waals surface area contributed by atoms with Crippen molar-refractivity contribution >= 4 is 18.0 Å². The molecule has 0 aliphatic carbocycles. The van der Waals surface area contributed by atoms with Crippen LogP contribution in [0.5, 0.6) is 0 Å². The average molecular weight is 297 g/mol. The molecule has 21 heavy (non-hydrogen) atoms. The number of piperidine rings is 1. The Morgan fingerprint density at radius 1 is 1.29 bits per heavy atom. The molecule has 0 radical (unpaired) electrons. The summed E-state index contributed by atoms with van der Waals surface area (Å²) in [7, 11) is 0. The minimum absolute atomic E-state index is 0.0163. The second-order valence-corrected chi connectivity index (χ2v) is 6.85. The van der Waals surface area contributed by atoms with Gasteiger partial charge in [0.05, 0.1) is 0 Å². The molecule has 2 saturated heterocycles. The number of urea groups is 1. The summed E-state index contributed by atoms with van der Waals surface area (Å²) in [5, 5.41) is 4.97. The van der Waals surface area contributed by atoms with Crippen molar-refractivity contribution in [2.45, 2.75) is 51.7 Å². The van der Waals surface area contributed by atoms with Crippen molar-refractivity contribution in [2.24, 2.45) is 5.92 Å². The number of hydrogen-bond acceptors (Lipinski definition) is 4. The van der Waals surface area contributed by atoms with Crippen LogP contribution in [0.2, 0.25) is 0 Å². The Bertz CT molecular complexity index is 463. The number of ether oxygens (including phenoxy) is 1. The van der Waals surface area contributed by atoms with E-state index >= 15 is 0 Å². The first-order chi connectivity index (χ1) is 9.62. The maximum atomic E-state index is 12.0. The van der Waals surface area contributed by atoms with Crippen LogP contribution in [0.1, 0.15) is 40.5 Å². The zero-order chi connectivity index (χ0) is 15.8. The second-order valence-electron chi connectivity index (χ2n) is 6.85. The zero-order valence-electron chi connectivity index (χ0n) is 13.0. The minimum atomic E-state index is -0.878. The SMILES string of the molecule is CC(C)(C)OC(=O)N1CCC(C2(C)NC(=O)NC2=O)CC1. The molecule has 0 aromatic carbocycles. The van der Waals surface area contributed by atoms with Gasteiger partial charge in [-0.2, -0.15) is 0 Å². The quantitative estimate of drug-likeness (QED) is 0.713. The van der Waals surface area contributed by atoms with E-state index in [1.807, 2.05) is 20.8 Å². The summed E-state index contributed by atoms with van der Waals surface area (Å²) in [5.41, 5.74) is -1.39. The largest absolute Gasteiger partial charge is 0.444 e. The van der Waals surface area contributed by atoms with E-state index in [4.69, 9.17) is 4.74 Å². The van der Waals surface area contributed by atoms with Crippen LogP contribution in [-0.2, 0) is 9.53 Å². The molecule has 2 heterocycles. The van der Waals surface area contributed by atoms with Gasteiger partial charge in [0.1, 0.15) is 11.1 Å². The predicted molar refractivity (Wildman–Crippen MR) is 75.6 cm³/mol. The number of amides is 4. The van der Waals surface area contributed by atoms with Crippen LogP contribution in [0.15, 0.2) is 0 Å². The maximum absolute atomic E-state index is 12.0. The Morgan fingerprint density at radius 2 is 1.86 bits per heavy atom. The fraction of sp³-hybridized carbons (Fsp3) is 0.786. The normalized spacial score (nSPS) is 27.3. The molecule has 2 aliphatic rings. The van der Waals surface area contributed by atoms with E-state index in [0.717, 1.165) is 0 Å². The molecule has 118 valence electrons. The van der Waals surface area contributed by atoms with Crippen molar-refractivity contribution < 1.29 is 19.1 Å². The molecule has 7 nitrogen and oxygen atoms in total. The van der Waals surface area contributed by atoms with Crippen molar-refractivity contribution in [3.63, 3.8) is 0 Å². The molecule has 0 spiro atoms. The van der Waals surface area contributed by atoms with E-state index in [-0.39, 0.29) is 17.9 Å². The van der Waals surface area contributed by atoms with E-state index in [0.29, 0.717) is 25.9 Å². The third-order valence-corrected chi connectivity index (χ3v) is 4.04. The topological polar surface area (TPSA) is 87.7 Å². The van der Waals surface area contributed by atoms with Gasteiger partial charge in [0.25, 0.3) is 5.91 Å². The van der Waals surface area contributed by atoms with E-state index in [1.54, 1.807) is 11.8 Å². The number of carbonyl (C=O) groups is 3. The van der Waals surface area contributed by atoms with Gasteiger partial charge in [-0.05, 0) is 46.5 Å². The highest BCUT2D eigenvalue weighted by Crippen LogP contribution is 2.31. The van der Waals surface area contributed by atoms with Gasteiger partial charge in [-0.1, -0.05) is 0 Å². The Morgan fingerprint density at radius 3 is 2.29 bits per heavy atom. The van der Waals surface area contributed by atoms with Crippen LogP contribution in [0.25, 0.3) is 0 Å². The van der Waals surface area contributed by atoms with Crippen molar-refractivity contribution in [1.82, 2.24) is 15.5 Å². The van der Waals surface area contributed by atoms with E-state index in [9.17, 15) is 14.4 Å². The summed E-state index contributed by atoms with van der Waals surface area (Å²) in [6.45, 7) is 8.28. The summed E-state index contributed by atoms with van der Waals surface area (Å²) in [5.74, 6) is -0.272. The Hall–Kier alpha value is -1.79. The van der Waals surface area contributed by atoms with Gasteiger partial charge >= 0.3 is 12.1 Å². The van der Waals surface area contributed by atoms with Gasteiger partial charge in [-0.25, -0.2) is 9.59 Å². The number of likely N-dealkylation sites (tertiary alicyclic amines) is 1. The molecule has 4 amide bonds. The summed E-state index contributed by atoms with van der Waals surface area (Å²) in [6, 6.07) is -0.447. The van der Waals surface area contributed by atoms with Gasteiger partial charge in [-0.3, -0.25) is 10.1 Å². The molecule has 0 aromatic heterocycles. The molecular formula is C14H23N3O4. The minimum Gasteiger partial charge on any atom is -0.444 e. The van der Waals surface area contributed by atoms with Crippen LogP contribution < -0.4 is 10.6 Å². The molecule has 2 fully saturated rings. The number of rotatable bonds is 1. The van der Waals surface area contributed by atoms with Crippen LogP contribution in [-0.4, -0.2) is 47.2 Å². The molecule has 0 bridgehead atoms. The number of nitrogens with one attached hydrogen (secondary N) is 2. The average Bonchev–Trinajstić information content (AvgIpc) is 2.62. The molecule has 2 N–H and O–H groups in total. The molecule has 7 heteroatoms. The lowest BCUT2D eigenvalue weighted by Gasteiger charge is -2.38. The lowest BCUT2D eigenvalue weighted by atomic mass is 9.79. The standard InChI is InChI=1S/C14H23N3O4/c1-13(2,3)21-12(20)17-7-5-9(6-8-17)14(4)10(18)15-11(19)16-14/h9H,5-8H2,1-4H3,(H2,15,16,18,19). The van der Waals surface area contributed by atoms with Gasteiger partial charge in [-0.15, -0.1) is 0 Å². The predicted octanol–water partition coefficient (Wildman–Crippen LogP) is 1.23. The van der Waals surface area contributed by atoms with Gasteiger partial charge in [0.2, 0.25) is 0 Å². The number of hydrogen-bond donors (Lipinski definition) is 2. The summed E-state index contributed by atoms with van der Waals surface area (Å²) >= 11 is 0. The van der Waals surface area contributed by atoms with Crippen molar-refractivity contribution in [3.8, 4) is 0 Å². The summed E-state index contributed by atoms with van der Waals surface area (Å²) in [6.07, 6.45) is 0.985. The van der Waals surface area contributed by atoms with Crippen LogP contribution >= 0.6 is 0 Å². The number of nitrogens with zero attached hydrogens (tertiary/aromatic N) is 1. The first-order valence-corrected chi connectivity index (χ1v) is 7.23. The third-order valence-electron chi connectivity index (χ3n) is 4.04. The van der Waals surface area contributed by atoms with E-state index in [1.165, 1.54) is 0 Å². The van der Waals surface area contributed by atoms with Gasteiger partial charge < -0.3 is 15.0 Å². The second kappa shape index (κ2) is 5.20. The molecule has 1 atom stereocenters. The molecule has 0 saturated carbocycles. The van der Waals surface area contributed by atoms with E-state index < -0.39 is 17.2 Å². The lowest BCUT2D eigenvalue weighted by Crippen LogP contribution is -2.54. The summed E-state index contributed by atoms with van der Waals surface area (Å²) in [4.78, 5) is 36.9. The summed E-state index contributed by atoms with van der Waals surface area (Å²) < 4.78 is 5.34. The molecule has 1 unspecified atom stereocenters. The highest BCUT2D eigenvalue weighted by molar-refractivity contribution is 6.06. The van der Waals surface area contributed by atoms with Crippen LogP contribution in [0, 0.1) is 5.92 Å². The Kier molecular flexibility index (Phi) is 3.86. The molecule has 0 aromatic rings. The lowest BCUT2D eigenvalue weighted by molar-refractivity contribution is -0.125. The highest BCUT2D eigenvalue weighted by atomic mass is 16.6. The first-order valence-electron chi connectivity index (χ1n) is 7.23. The third kappa shape index (κ3) is 3.28. The zero-order valence-corrected chi connectivity index (χ0v) is 13.0. The smallest absolute Gasteiger partial charge is 0.410 e. The first kappa shape index (κ1) is 15.6. The number of imide groups is 1. The Labute approximate surface area is 124 Å². The van der Waals surface area contributed by atoms with Crippen molar-refractivity contribution in [1.29, 1.82) is 0 Å². The fourth-order valence-corrected chi connectivity index (χ4v) is 2.81. The Balaban J connectivity index is 1.93. The van der Waals surface area contributed by atoms with Crippen molar-refractivity contribution in [3.05, 3.63) is 0 Å². The van der Waals surface area contributed by atoms with Crippen molar-refractivity contribution in [2.75, 3.05) is 13.1 Å². The van der Waals surface area contributed by atoms with Gasteiger partial charge in [0, 0.05) is 13.1 Å². The molecular weight excluding hydrogens is 274 g/mol. The number of carbonyl (C=O) groups excluding carboxylic acids is 3. The maximum Gasteiger partial charge on any atom is 0.410 e. The van der Waals surface area contributed by atoms with E-state index in [2.05, 4.69) is 10.6 Å². The monoisotopic (exact) mass is 297 g/mol.